The number of para-hydroxylation sites is 1. The van der Waals surface area contributed by atoms with Crippen molar-refractivity contribution < 1.29 is 14.0 Å². The molecule has 0 aliphatic rings. The molecule has 0 bridgehead atoms. The van der Waals surface area contributed by atoms with Crippen LogP contribution in [0.3, 0.4) is 0 Å². The fraction of sp³-hybridized carbons (Fsp3) is 0.0556. The third kappa shape index (κ3) is 4.95. The SMILES string of the molecule is C=CCNC(=O)c1ccccc1NC(=S)NC(=O)c1ccccc1F. The van der Waals surface area contributed by atoms with E-state index in [-0.39, 0.29) is 16.6 Å². The molecule has 5 nitrogen and oxygen atoms in total. The summed E-state index contributed by atoms with van der Waals surface area (Å²) in [6, 6.07) is 12.2. The molecule has 0 saturated heterocycles. The summed E-state index contributed by atoms with van der Waals surface area (Å²) in [6.45, 7) is 3.86. The second-order valence-corrected chi connectivity index (χ2v) is 5.34. The molecule has 2 aromatic rings. The number of nitrogens with one attached hydrogen (secondary N) is 3. The first kappa shape index (κ1) is 18.3. The molecule has 2 aromatic carbocycles. The Kier molecular flexibility index (Phi) is 6.36. The first-order valence-electron chi connectivity index (χ1n) is 7.38. The number of hydrogen-bond acceptors (Lipinski definition) is 3. The molecule has 7 heteroatoms. The minimum absolute atomic E-state index is 0.0442. The van der Waals surface area contributed by atoms with Crippen LogP contribution in [0.1, 0.15) is 20.7 Å². The number of benzene rings is 2. The second-order valence-electron chi connectivity index (χ2n) is 4.93. The van der Waals surface area contributed by atoms with Crippen LogP contribution in [0.25, 0.3) is 0 Å². The smallest absolute Gasteiger partial charge is 0.260 e. The predicted octanol–water partition coefficient (Wildman–Crippen LogP) is 2.87. The van der Waals surface area contributed by atoms with Gasteiger partial charge >= 0.3 is 0 Å². The van der Waals surface area contributed by atoms with Crippen molar-refractivity contribution in [1.29, 1.82) is 0 Å². The maximum atomic E-state index is 13.6. The number of thiocarbonyl (C=S) groups is 1. The molecular weight excluding hydrogens is 341 g/mol. The fourth-order valence-corrected chi connectivity index (χ4v) is 2.22. The molecule has 0 aliphatic heterocycles. The van der Waals surface area contributed by atoms with E-state index >= 15 is 0 Å². The molecule has 0 aromatic heterocycles. The van der Waals surface area contributed by atoms with Gasteiger partial charge in [0, 0.05) is 6.54 Å². The lowest BCUT2D eigenvalue weighted by molar-refractivity contribution is 0.0955. The van der Waals surface area contributed by atoms with E-state index in [1.807, 2.05) is 0 Å². The highest BCUT2D eigenvalue weighted by Gasteiger charge is 2.14. The quantitative estimate of drug-likeness (QED) is 0.568. The second kappa shape index (κ2) is 8.70. The Morgan fingerprint density at radius 1 is 1.04 bits per heavy atom. The molecule has 0 unspecified atom stereocenters. The van der Waals surface area contributed by atoms with Crippen molar-refractivity contribution in [1.82, 2.24) is 10.6 Å². The number of amides is 2. The Hall–Kier alpha value is -3.06. The van der Waals surface area contributed by atoms with Crippen LogP contribution in [-0.4, -0.2) is 23.5 Å². The van der Waals surface area contributed by atoms with E-state index in [0.29, 0.717) is 17.8 Å². The highest BCUT2D eigenvalue weighted by Crippen LogP contribution is 2.15. The van der Waals surface area contributed by atoms with Crippen LogP contribution in [0.4, 0.5) is 10.1 Å². The van der Waals surface area contributed by atoms with Gasteiger partial charge in [0.15, 0.2) is 5.11 Å². The lowest BCUT2D eigenvalue weighted by Crippen LogP contribution is -2.35. The van der Waals surface area contributed by atoms with Crippen LogP contribution >= 0.6 is 12.2 Å². The number of rotatable bonds is 5. The molecule has 128 valence electrons. The number of hydrogen-bond donors (Lipinski definition) is 3. The van der Waals surface area contributed by atoms with E-state index in [4.69, 9.17) is 12.2 Å². The van der Waals surface area contributed by atoms with Crippen molar-refractivity contribution in [3.05, 3.63) is 78.1 Å². The summed E-state index contributed by atoms with van der Waals surface area (Å²) in [4.78, 5) is 24.2. The highest BCUT2D eigenvalue weighted by molar-refractivity contribution is 7.80. The van der Waals surface area contributed by atoms with Crippen LogP contribution < -0.4 is 16.0 Å². The van der Waals surface area contributed by atoms with E-state index in [2.05, 4.69) is 22.5 Å². The molecule has 25 heavy (non-hydrogen) atoms. The zero-order valence-corrected chi connectivity index (χ0v) is 14.0. The van der Waals surface area contributed by atoms with E-state index in [0.717, 1.165) is 0 Å². The Morgan fingerprint density at radius 2 is 1.68 bits per heavy atom. The summed E-state index contributed by atoms with van der Waals surface area (Å²) in [5, 5.41) is 7.78. The largest absolute Gasteiger partial charge is 0.349 e. The third-order valence-corrected chi connectivity index (χ3v) is 3.38. The topological polar surface area (TPSA) is 70.2 Å². The lowest BCUT2D eigenvalue weighted by atomic mass is 10.1. The van der Waals surface area contributed by atoms with Crippen LogP contribution in [0.5, 0.6) is 0 Å². The summed E-state index contributed by atoms with van der Waals surface area (Å²) in [5.41, 5.74) is 0.651. The third-order valence-electron chi connectivity index (χ3n) is 3.17. The zero-order chi connectivity index (χ0) is 18.2. The Morgan fingerprint density at radius 3 is 2.36 bits per heavy atom. The summed E-state index contributed by atoms with van der Waals surface area (Å²) in [5.74, 6) is -1.64. The average molecular weight is 357 g/mol. The lowest BCUT2D eigenvalue weighted by Gasteiger charge is -2.13. The van der Waals surface area contributed by atoms with Crippen LogP contribution in [0.2, 0.25) is 0 Å². The predicted molar refractivity (Wildman–Crippen MR) is 99.1 cm³/mol. The van der Waals surface area contributed by atoms with Crippen LogP contribution in [0, 0.1) is 5.82 Å². The minimum atomic E-state index is -0.677. The molecule has 0 atom stereocenters. The molecule has 0 aliphatic carbocycles. The number of halogens is 1. The van der Waals surface area contributed by atoms with Crippen molar-refractivity contribution in [3.8, 4) is 0 Å². The fourth-order valence-electron chi connectivity index (χ4n) is 2.02. The molecule has 0 saturated carbocycles. The molecule has 2 amide bonds. The Labute approximate surface area is 149 Å². The van der Waals surface area contributed by atoms with E-state index in [1.165, 1.54) is 18.2 Å². The van der Waals surface area contributed by atoms with Gasteiger partial charge in [-0.05, 0) is 36.5 Å². The zero-order valence-electron chi connectivity index (χ0n) is 13.2. The van der Waals surface area contributed by atoms with Gasteiger partial charge in [-0.3, -0.25) is 14.9 Å². The monoisotopic (exact) mass is 357 g/mol. The van der Waals surface area contributed by atoms with Crippen molar-refractivity contribution >= 4 is 34.8 Å². The van der Waals surface area contributed by atoms with Crippen molar-refractivity contribution in [3.63, 3.8) is 0 Å². The number of anilines is 1. The molecular formula is C18H16FN3O2S. The van der Waals surface area contributed by atoms with Crippen LogP contribution in [-0.2, 0) is 0 Å². The van der Waals surface area contributed by atoms with Gasteiger partial charge in [0.2, 0.25) is 0 Å². The first-order valence-corrected chi connectivity index (χ1v) is 7.78. The standard InChI is InChI=1S/C18H16FN3O2S/c1-2-11-20-16(23)13-8-4-6-10-15(13)21-18(25)22-17(24)12-7-3-5-9-14(12)19/h2-10H,1,11H2,(H,20,23)(H2,21,22,24,25). The first-order chi connectivity index (χ1) is 12.0. The van der Waals surface area contributed by atoms with Gasteiger partial charge in [0.05, 0.1) is 16.8 Å². The average Bonchev–Trinajstić information content (AvgIpc) is 2.60. The van der Waals surface area contributed by atoms with E-state index in [9.17, 15) is 14.0 Å². The maximum absolute atomic E-state index is 13.6. The molecule has 3 N–H and O–H groups in total. The number of carbonyl (C=O) groups excluding carboxylic acids is 2. The summed E-state index contributed by atoms with van der Waals surface area (Å²) < 4.78 is 13.6. The Balaban J connectivity index is 2.08. The van der Waals surface area contributed by atoms with E-state index in [1.54, 1.807) is 36.4 Å². The molecule has 2 rings (SSSR count). The molecule has 0 fully saturated rings. The number of carbonyl (C=O) groups is 2. The van der Waals surface area contributed by atoms with Gasteiger partial charge in [-0.2, -0.15) is 0 Å². The normalized spacial score (nSPS) is 9.80. The molecule has 0 spiro atoms. The molecule has 0 radical (unpaired) electrons. The Bertz CT molecular complexity index is 823. The highest BCUT2D eigenvalue weighted by atomic mass is 32.1. The summed E-state index contributed by atoms with van der Waals surface area (Å²) >= 11 is 5.08. The van der Waals surface area contributed by atoms with Crippen molar-refractivity contribution in [2.45, 2.75) is 0 Å². The van der Waals surface area contributed by atoms with Gasteiger partial charge in [-0.25, -0.2) is 4.39 Å². The van der Waals surface area contributed by atoms with Gasteiger partial charge < -0.3 is 10.6 Å². The van der Waals surface area contributed by atoms with Gasteiger partial charge in [0.25, 0.3) is 11.8 Å². The minimum Gasteiger partial charge on any atom is -0.349 e. The van der Waals surface area contributed by atoms with Crippen molar-refractivity contribution in [2.24, 2.45) is 0 Å². The van der Waals surface area contributed by atoms with Crippen molar-refractivity contribution in [2.75, 3.05) is 11.9 Å². The maximum Gasteiger partial charge on any atom is 0.260 e. The van der Waals surface area contributed by atoms with E-state index < -0.39 is 11.7 Å². The van der Waals surface area contributed by atoms with Crippen LogP contribution in [0.15, 0.2) is 61.2 Å². The van der Waals surface area contributed by atoms with Gasteiger partial charge in [-0.1, -0.05) is 30.3 Å². The van der Waals surface area contributed by atoms with Gasteiger partial charge in [0.1, 0.15) is 5.82 Å². The molecule has 0 heterocycles. The van der Waals surface area contributed by atoms with Gasteiger partial charge in [-0.15, -0.1) is 6.58 Å². The summed E-state index contributed by atoms with van der Waals surface area (Å²) in [7, 11) is 0. The summed E-state index contributed by atoms with van der Waals surface area (Å²) in [6.07, 6.45) is 1.56.